The first-order chi connectivity index (χ1) is 13.4. The third kappa shape index (κ3) is 4.38. The van der Waals surface area contributed by atoms with Crippen LogP contribution in [0, 0.1) is 30.6 Å². The van der Waals surface area contributed by atoms with Gasteiger partial charge in [0, 0.05) is 26.6 Å². The average molecular weight is 441 g/mol. The second kappa shape index (κ2) is 7.58. The molecule has 0 radical (unpaired) electrons. The number of amides is 1. The van der Waals surface area contributed by atoms with Crippen LogP contribution in [0.25, 0.3) is 0 Å². The number of alkyl halides is 3. The Kier molecular flexibility index (Phi) is 5.62. The van der Waals surface area contributed by atoms with Gasteiger partial charge in [0.2, 0.25) is 0 Å². The highest BCUT2D eigenvalue weighted by atomic mass is 32.2. The van der Waals surface area contributed by atoms with E-state index in [1.807, 2.05) is 33.8 Å². The van der Waals surface area contributed by atoms with E-state index in [-0.39, 0.29) is 11.7 Å². The van der Waals surface area contributed by atoms with E-state index < -0.39 is 28.8 Å². The molecule has 1 amide bonds. The first kappa shape index (κ1) is 21.5. The molecule has 0 bridgehead atoms. The zero-order valence-corrected chi connectivity index (χ0v) is 17.9. The van der Waals surface area contributed by atoms with Gasteiger partial charge in [-0.1, -0.05) is 13.8 Å². The second-order valence-electron chi connectivity index (χ2n) is 7.55. The van der Waals surface area contributed by atoms with E-state index in [9.17, 15) is 18.0 Å². The molecule has 9 heteroatoms. The van der Waals surface area contributed by atoms with Gasteiger partial charge in [-0.3, -0.25) is 9.10 Å². The van der Waals surface area contributed by atoms with Gasteiger partial charge >= 0.3 is 6.18 Å². The Morgan fingerprint density at radius 2 is 2.00 bits per heavy atom. The quantitative estimate of drug-likeness (QED) is 0.583. The van der Waals surface area contributed by atoms with Gasteiger partial charge in [-0.2, -0.15) is 18.4 Å². The summed E-state index contributed by atoms with van der Waals surface area (Å²) < 4.78 is 47.0. The molecule has 1 fully saturated rings. The molecule has 1 aromatic heterocycles. The van der Waals surface area contributed by atoms with Gasteiger partial charge in [0.15, 0.2) is 6.10 Å². The van der Waals surface area contributed by atoms with Crippen LogP contribution in [-0.2, 0) is 11.0 Å². The van der Waals surface area contributed by atoms with Gasteiger partial charge in [-0.15, -0.1) is 11.3 Å². The monoisotopic (exact) mass is 440 g/mol. The highest BCUT2D eigenvalue weighted by Crippen LogP contribution is 2.42. The second-order valence-corrected chi connectivity index (χ2v) is 10.1. The highest BCUT2D eigenvalue weighted by molar-refractivity contribution is 7.97. The minimum Gasteiger partial charge on any atom is -0.480 e. The number of benzene rings is 1. The first-order valence-electron chi connectivity index (χ1n) is 8.77. The standard InChI is InChI=1S/C20H19F3N2O2S2/c1-11-7-16(12(2)28-11)29-25-10-19(3,4)17(18(25)26)27-14-6-5-13(9-24)15(8-14)20(21,22)23/h5-8,17H,10H2,1-4H3. The molecule has 1 aliphatic heterocycles. The summed E-state index contributed by atoms with van der Waals surface area (Å²) in [5, 5.41) is 8.93. The number of thiophene rings is 1. The van der Waals surface area contributed by atoms with Crippen LogP contribution in [0.5, 0.6) is 5.75 Å². The van der Waals surface area contributed by atoms with Crippen molar-refractivity contribution < 1.29 is 22.7 Å². The minimum absolute atomic E-state index is 0.0860. The minimum atomic E-state index is -4.68. The predicted molar refractivity (Wildman–Crippen MR) is 106 cm³/mol. The molecule has 1 saturated heterocycles. The lowest BCUT2D eigenvalue weighted by atomic mass is 9.89. The number of nitriles is 1. The van der Waals surface area contributed by atoms with Crippen LogP contribution < -0.4 is 4.74 Å². The molecule has 1 unspecified atom stereocenters. The average Bonchev–Trinajstić information content (AvgIpc) is 3.04. The maximum absolute atomic E-state index is 13.2. The summed E-state index contributed by atoms with van der Waals surface area (Å²) in [5.41, 5.74) is -2.16. The zero-order chi connectivity index (χ0) is 21.6. The van der Waals surface area contributed by atoms with Crippen LogP contribution in [0.15, 0.2) is 29.2 Å². The summed E-state index contributed by atoms with van der Waals surface area (Å²) in [4.78, 5) is 16.2. The van der Waals surface area contributed by atoms with Gasteiger partial charge in [0.05, 0.1) is 17.2 Å². The molecule has 0 aliphatic carbocycles. The zero-order valence-electron chi connectivity index (χ0n) is 16.3. The molecule has 2 heterocycles. The van der Waals surface area contributed by atoms with Crippen LogP contribution >= 0.6 is 23.3 Å². The molecule has 1 aromatic carbocycles. The Balaban J connectivity index is 1.85. The third-order valence-electron chi connectivity index (χ3n) is 4.61. The van der Waals surface area contributed by atoms with E-state index in [2.05, 4.69) is 0 Å². The predicted octanol–water partition coefficient (Wildman–Crippen LogP) is 5.58. The molecular weight excluding hydrogens is 421 g/mol. The third-order valence-corrected chi connectivity index (χ3v) is 6.85. The number of nitrogens with zero attached hydrogens (tertiary/aromatic N) is 2. The lowest BCUT2D eigenvalue weighted by Crippen LogP contribution is -2.36. The number of aryl methyl sites for hydroxylation is 2. The molecule has 29 heavy (non-hydrogen) atoms. The summed E-state index contributed by atoms with van der Waals surface area (Å²) in [7, 11) is 0. The van der Waals surface area contributed by atoms with Crippen molar-refractivity contribution in [2.24, 2.45) is 5.41 Å². The van der Waals surface area contributed by atoms with E-state index in [0.29, 0.717) is 6.54 Å². The number of hydrogen-bond donors (Lipinski definition) is 0. The van der Waals surface area contributed by atoms with E-state index in [4.69, 9.17) is 10.00 Å². The van der Waals surface area contributed by atoms with E-state index >= 15 is 0 Å². The summed E-state index contributed by atoms with van der Waals surface area (Å²) in [5.74, 6) is -0.377. The summed E-state index contributed by atoms with van der Waals surface area (Å²) in [6, 6.07) is 6.68. The number of carbonyl (C=O) groups is 1. The number of carbonyl (C=O) groups excluding carboxylic acids is 1. The molecule has 3 rings (SSSR count). The SMILES string of the molecule is Cc1cc(SN2CC(C)(C)C(Oc3ccc(C#N)c(C(F)(F)F)c3)C2=O)c(C)s1. The van der Waals surface area contributed by atoms with E-state index in [1.54, 1.807) is 15.6 Å². The van der Waals surface area contributed by atoms with Crippen molar-refractivity contribution in [3.63, 3.8) is 0 Å². The smallest absolute Gasteiger partial charge is 0.417 e. The summed E-state index contributed by atoms with van der Waals surface area (Å²) >= 11 is 2.97. The maximum atomic E-state index is 13.2. The molecular formula is C20H19F3N2O2S2. The largest absolute Gasteiger partial charge is 0.480 e. The van der Waals surface area contributed by atoms with Crippen molar-refractivity contribution in [1.82, 2.24) is 4.31 Å². The van der Waals surface area contributed by atoms with Crippen LogP contribution in [0.2, 0.25) is 0 Å². The van der Waals surface area contributed by atoms with Crippen LogP contribution in [0.3, 0.4) is 0 Å². The first-order valence-corrected chi connectivity index (χ1v) is 10.4. The lowest BCUT2D eigenvalue weighted by molar-refractivity contribution is -0.137. The number of hydrogen-bond acceptors (Lipinski definition) is 5. The number of rotatable bonds is 4. The Morgan fingerprint density at radius 3 is 2.55 bits per heavy atom. The Bertz CT molecular complexity index is 993. The number of halogens is 3. The lowest BCUT2D eigenvalue weighted by Gasteiger charge is -2.24. The Labute approximate surface area is 175 Å². The fourth-order valence-electron chi connectivity index (χ4n) is 3.16. The Hall–Kier alpha value is -2.18. The molecule has 0 N–H and O–H groups in total. The summed E-state index contributed by atoms with van der Waals surface area (Å²) in [6.45, 7) is 8.06. The van der Waals surface area contributed by atoms with Gasteiger partial charge < -0.3 is 4.74 Å². The van der Waals surface area contributed by atoms with Crippen molar-refractivity contribution in [1.29, 1.82) is 5.26 Å². The van der Waals surface area contributed by atoms with E-state index in [0.717, 1.165) is 26.8 Å². The van der Waals surface area contributed by atoms with Crippen molar-refractivity contribution in [3.8, 4) is 11.8 Å². The Morgan fingerprint density at radius 1 is 1.31 bits per heavy atom. The van der Waals surface area contributed by atoms with Crippen LogP contribution in [0.4, 0.5) is 13.2 Å². The molecule has 2 aromatic rings. The molecule has 154 valence electrons. The number of ether oxygens (including phenoxy) is 1. The summed E-state index contributed by atoms with van der Waals surface area (Å²) in [6.07, 6.45) is -5.61. The molecule has 1 atom stereocenters. The topological polar surface area (TPSA) is 53.3 Å². The highest BCUT2D eigenvalue weighted by Gasteiger charge is 2.49. The van der Waals surface area contributed by atoms with Crippen molar-refractivity contribution in [3.05, 3.63) is 45.1 Å². The molecule has 4 nitrogen and oxygen atoms in total. The fraction of sp³-hybridized carbons (Fsp3) is 0.400. The van der Waals surface area contributed by atoms with Gasteiger partial charge in [0.25, 0.3) is 5.91 Å². The van der Waals surface area contributed by atoms with Crippen molar-refractivity contribution in [2.45, 2.75) is 44.9 Å². The fourth-order valence-corrected chi connectivity index (χ4v) is 5.47. The normalized spacial score (nSPS) is 18.8. The van der Waals surface area contributed by atoms with Crippen molar-refractivity contribution in [2.75, 3.05) is 6.54 Å². The van der Waals surface area contributed by atoms with Crippen LogP contribution in [0.1, 0.15) is 34.7 Å². The molecule has 0 spiro atoms. The molecule has 1 aliphatic rings. The van der Waals surface area contributed by atoms with Gasteiger partial charge in [-0.25, -0.2) is 0 Å². The van der Waals surface area contributed by atoms with Gasteiger partial charge in [0.1, 0.15) is 5.75 Å². The maximum Gasteiger partial charge on any atom is 0.417 e. The molecule has 0 saturated carbocycles. The van der Waals surface area contributed by atoms with Gasteiger partial charge in [-0.05, 0) is 50.1 Å². The van der Waals surface area contributed by atoms with Crippen LogP contribution in [-0.4, -0.2) is 22.9 Å². The van der Waals surface area contributed by atoms with Crippen molar-refractivity contribution >= 4 is 29.2 Å². The van der Waals surface area contributed by atoms with E-state index in [1.165, 1.54) is 24.1 Å².